The lowest BCUT2D eigenvalue weighted by molar-refractivity contribution is -0.131. The van der Waals surface area contributed by atoms with Gasteiger partial charge in [-0.3, -0.25) is 19.0 Å². The van der Waals surface area contributed by atoms with E-state index >= 15 is 0 Å². The summed E-state index contributed by atoms with van der Waals surface area (Å²) in [7, 11) is 5.14. The number of aliphatic hydroxyl groups is 2. The molecule has 2 aromatic heterocycles. The monoisotopic (exact) mass is 741 g/mol. The Bertz CT molecular complexity index is 1710. The molecule has 0 aliphatic carbocycles. The second-order valence-electron chi connectivity index (χ2n) is 14.0. The summed E-state index contributed by atoms with van der Waals surface area (Å²) in [5, 5.41) is 32.7. The number of carbonyl (C=O) groups excluding carboxylic acids is 4. The Kier molecular flexibility index (Phi) is 13.9. The minimum atomic E-state index is -1.37. The molecule has 6 atom stereocenters. The van der Waals surface area contributed by atoms with Crippen LogP contribution >= 0.6 is 0 Å². The van der Waals surface area contributed by atoms with Gasteiger partial charge in [0, 0.05) is 34.0 Å². The number of hydrogen-bond donors (Lipinski definition) is 6. The van der Waals surface area contributed by atoms with Crippen molar-refractivity contribution in [3.63, 3.8) is 0 Å². The summed E-state index contributed by atoms with van der Waals surface area (Å²) < 4.78 is 18.2. The van der Waals surface area contributed by atoms with Gasteiger partial charge in [0.1, 0.15) is 42.0 Å². The lowest BCUT2D eigenvalue weighted by Crippen LogP contribution is -2.58. The third-order valence-electron chi connectivity index (χ3n) is 8.43. The van der Waals surface area contributed by atoms with Gasteiger partial charge in [-0.25, -0.2) is 19.7 Å². The molecule has 3 heterocycles. The minimum Gasteiger partial charge on any atom is -0.497 e. The van der Waals surface area contributed by atoms with Gasteiger partial charge in [-0.1, -0.05) is 12.1 Å². The number of methoxy groups -OCH3 is 1. The summed E-state index contributed by atoms with van der Waals surface area (Å²) in [4.78, 5) is 66.8. The number of hydrogen-bond acceptors (Lipinski definition) is 13. The van der Waals surface area contributed by atoms with Gasteiger partial charge in [-0.2, -0.15) is 0 Å². The molecule has 6 unspecified atom stereocenters. The van der Waals surface area contributed by atoms with E-state index in [1.807, 2.05) is 0 Å². The number of anilines is 1. The fourth-order valence-corrected chi connectivity index (χ4v) is 5.86. The molecule has 1 fully saturated rings. The predicted molar refractivity (Wildman–Crippen MR) is 193 cm³/mol. The Morgan fingerprint density at radius 2 is 1.74 bits per heavy atom. The van der Waals surface area contributed by atoms with Gasteiger partial charge in [-0.05, 0) is 57.7 Å². The SMILES string of the molecule is COc1ccc(CC(NC(=O)C(CCCCNC(C)=O)NC(=O)OC(C)(C)C)C(=O)NC2C(CO)OC(n3cnc4c(N(C)C)ncnc43)C2O)cc1. The van der Waals surface area contributed by atoms with Crippen LogP contribution < -0.4 is 30.9 Å². The van der Waals surface area contributed by atoms with Gasteiger partial charge in [0.2, 0.25) is 17.7 Å². The topological polar surface area (TPSA) is 231 Å². The second-order valence-corrected chi connectivity index (χ2v) is 14.0. The predicted octanol–water partition coefficient (Wildman–Crippen LogP) is 0.564. The van der Waals surface area contributed by atoms with Crippen molar-refractivity contribution in [3.8, 4) is 5.75 Å². The van der Waals surface area contributed by atoms with E-state index < -0.39 is 66.7 Å². The zero-order valence-corrected chi connectivity index (χ0v) is 31.2. The molecule has 4 rings (SSSR count). The molecule has 1 aliphatic rings. The van der Waals surface area contributed by atoms with Crippen LogP contribution in [0.5, 0.6) is 5.75 Å². The van der Waals surface area contributed by atoms with Crippen LogP contribution in [-0.4, -0.2) is 124 Å². The van der Waals surface area contributed by atoms with Crippen LogP contribution in [-0.2, 0) is 30.3 Å². The maximum Gasteiger partial charge on any atom is 0.408 e. The highest BCUT2D eigenvalue weighted by Gasteiger charge is 2.46. The molecule has 0 radical (unpaired) electrons. The average Bonchev–Trinajstić information content (AvgIpc) is 3.66. The van der Waals surface area contributed by atoms with Crippen molar-refractivity contribution in [2.45, 2.75) is 95.5 Å². The molecule has 1 saturated heterocycles. The van der Waals surface area contributed by atoms with Crippen LogP contribution in [0.3, 0.4) is 0 Å². The number of rotatable bonds is 16. The Morgan fingerprint density at radius 1 is 1.02 bits per heavy atom. The van der Waals surface area contributed by atoms with Crippen molar-refractivity contribution >= 4 is 40.8 Å². The molecule has 1 aromatic carbocycles. The second kappa shape index (κ2) is 18.1. The summed E-state index contributed by atoms with van der Waals surface area (Å²) in [5.41, 5.74) is 0.692. The lowest BCUT2D eigenvalue weighted by atomic mass is 10.0. The number of imidazole rings is 1. The maximum atomic E-state index is 14.1. The molecule has 0 spiro atoms. The lowest BCUT2D eigenvalue weighted by Gasteiger charge is -2.27. The van der Waals surface area contributed by atoms with Crippen molar-refractivity contribution < 1.29 is 43.6 Å². The first-order valence-corrected chi connectivity index (χ1v) is 17.4. The third-order valence-corrected chi connectivity index (χ3v) is 8.43. The molecular formula is C35H51N9O9. The van der Waals surface area contributed by atoms with Crippen molar-refractivity contribution in [1.82, 2.24) is 40.8 Å². The highest BCUT2D eigenvalue weighted by atomic mass is 16.6. The number of aromatic nitrogens is 4. The van der Waals surface area contributed by atoms with Crippen LogP contribution in [0.2, 0.25) is 0 Å². The van der Waals surface area contributed by atoms with Crippen LogP contribution in [0.1, 0.15) is 58.7 Å². The molecule has 0 bridgehead atoms. The number of nitrogens with zero attached hydrogens (tertiary/aromatic N) is 5. The fourth-order valence-electron chi connectivity index (χ4n) is 5.86. The van der Waals surface area contributed by atoms with E-state index in [1.54, 1.807) is 64.0 Å². The average molecular weight is 742 g/mol. The Balaban J connectivity index is 1.57. The molecule has 4 amide bonds. The molecule has 290 valence electrons. The summed E-state index contributed by atoms with van der Waals surface area (Å²) in [6.45, 7) is 6.33. The number of benzene rings is 1. The summed E-state index contributed by atoms with van der Waals surface area (Å²) in [6.07, 6.45) is -0.288. The quantitative estimate of drug-likeness (QED) is 0.110. The van der Waals surface area contributed by atoms with E-state index in [1.165, 1.54) is 31.3 Å². The van der Waals surface area contributed by atoms with Gasteiger partial charge in [0.25, 0.3) is 0 Å². The number of fused-ring (bicyclic) bond motifs is 1. The summed E-state index contributed by atoms with van der Waals surface area (Å²) >= 11 is 0. The normalized spacial score (nSPS) is 19.6. The van der Waals surface area contributed by atoms with Crippen LogP contribution in [0.4, 0.5) is 10.6 Å². The highest BCUT2D eigenvalue weighted by Crippen LogP contribution is 2.32. The maximum absolute atomic E-state index is 14.1. The first-order valence-electron chi connectivity index (χ1n) is 17.4. The van der Waals surface area contributed by atoms with Gasteiger partial charge < -0.3 is 50.6 Å². The van der Waals surface area contributed by atoms with Crippen molar-refractivity contribution in [3.05, 3.63) is 42.5 Å². The minimum absolute atomic E-state index is 0.0243. The van der Waals surface area contributed by atoms with E-state index in [0.29, 0.717) is 47.7 Å². The molecule has 0 saturated carbocycles. The van der Waals surface area contributed by atoms with Crippen molar-refractivity contribution in [2.75, 3.05) is 39.3 Å². The van der Waals surface area contributed by atoms with Crippen LogP contribution in [0.15, 0.2) is 36.9 Å². The van der Waals surface area contributed by atoms with Gasteiger partial charge in [-0.15, -0.1) is 0 Å². The van der Waals surface area contributed by atoms with E-state index in [-0.39, 0.29) is 18.7 Å². The number of aliphatic hydroxyl groups excluding tert-OH is 2. The molecular weight excluding hydrogens is 690 g/mol. The first kappa shape index (κ1) is 40.7. The Hall–Kier alpha value is -5.07. The Labute approximate surface area is 308 Å². The molecule has 3 aromatic rings. The van der Waals surface area contributed by atoms with Gasteiger partial charge >= 0.3 is 6.09 Å². The highest BCUT2D eigenvalue weighted by molar-refractivity contribution is 5.91. The fraction of sp³-hybridized carbons (Fsp3) is 0.571. The molecule has 6 N–H and O–H groups in total. The number of nitrogens with one attached hydrogen (secondary N) is 4. The zero-order valence-electron chi connectivity index (χ0n) is 31.2. The Morgan fingerprint density at radius 3 is 2.36 bits per heavy atom. The zero-order chi connectivity index (χ0) is 38.9. The van der Waals surface area contributed by atoms with Gasteiger partial charge in [0.05, 0.1) is 26.1 Å². The standard InChI is InChI=1S/C35H51N9O9/c1-20(46)36-15-9-8-10-23(41-34(50)53-35(2,3)4)31(48)40-24(16-21-11-13-22(51-7)14-12-21)32(49)42-26-25(17-45)52-33(28(26)47)44-19-39-27-29(43(5)6)37-18-38-30(27)44/h11-14,18-19,23-26,28,33,45,47H,8-10,15-17H2,1-7H3,(H,36,46)(H,40,48)(H,41,50)(H,42,49). The summed E-state index contributed by atoms with van der Waals surface area (Å²) in [6, 6.07) is 3.53. The molecule has 53 heavy (non-hydrogen) atoms. The third kappa shape index (κ3) is 11.0. The van der Waals surface area contributed by atoms with Crippen molar-refractivity contribution in [2.24, 2.45) is 0 Å². The number of ether oxygens (including phenoxy) is 3. The number of carbonyl (C=O) groups is 4. The van der Waals surface area contributed by atoms with E-state index in [0.717, 1.165) is 0 Å². The largest absolute Gasteiger partial charge is 0.497 e. The van der Waals surface area contributed by atoms with E-state index in [4.69, 9.17) is 14.2 Å². The van der Waals surface area contributed by atoms with Crippen LogP contribution in [0.25, 0.3) is 11.2 Å². The van der Waals surface area contributed by atoms with E-state index in [9.17, 15) is 29.4 Å². The van der Waals surface area contributed by atoms with Gasteiger partial charge in [0.15, 0.2) is 23.2 Å². The van der Waals surface area contributed by atoms with Crippen LogP contribution in [0, 0.1) is 0 Å². The van der Waals surface area contributed by atoms with Crippen molar-refractivity contribution in [1.29, 1.82) is 0 Å². The molecule has 18 nitrogen and oxygen atoms in total. The summed E-state index contributed by atoms with van der Waals surface area (Å²) in [5.74, 6) is -0.357. The smallest absolute Gasteiger partial charge is 0.408 e. The number of amides is 4. The molecule has 1 aliphatic heterocycles. The molecule has 18 heteroatoms. The number of unbranched alkanes of at least 4 members (excludes halogenated alkanes) is 1. The first-order chi connectivity index (χ1) is 25.1. The van der Waals surface area contributed by atoms with E-state index in [2.05, 4.69) is 36.2 Å². The number of alkyl carbamates (subject to hydrolysis) is 1.